The summed E-state index contributed by atoms with van der Waals surface area (Å²) >= 11 is 3.36. The van der Waals surface area contributed by atoms with Gasteiger partial charge in [-0.2, -0.15) is 5.10 Å². The number of halogens is 1. The average molecular weight is 494 g/mol. The van der Waals surface area contributed by atoms with Crippen molar-refractivity contribution >= 4 is 39.6 Å². The van der Waals surface area contributed by atoms with Gasteiger partial charge in [0.2, 0.25) is 11.8 Å². The second kappa shape index (κ2) is 12.4. The van der Waals surface area contributed by atoms with Gasteiger partial charge < -0.3 is 10.1 Å². The van der Waals surface area contributed by atoms with Crippen molar-refractivity contribution in [3.05, 3.63) is 94.5 Å². The summed E-state index contributed by atoms with van der Waals surface area (Å²) in [5.74, 6) is 0.393. The van der Waals surface area contributed by atoms with E-state index in [9.17, 15) is 9.59 Å². The normalized spacial score (nSPS) is 10.7. The van der Waals surface area contributed by atoms with Crippen LogP contribution in [0.3, 0.4) is 0 Å². The number of carbonyl (C=O) groups is 2. The maximum absolute atomic E-state index is 12.0. The highest BCUT2D eigenvalue weighted by Gasteiger charge is 2.05. The fourth-order valence-electron chi connectivity index (χ4n) is 2.82. The van der Waals surface area contributed by atoms with Crippen LogP contribution in [0.15, 0.2) is 88.4 Å². The minimum absolute atomic E-state index is 0.131. The molecule has 7 heteroatoms. The zero-order valence-electron chi connectivity index (χ0n) is 17.5. The zero-order valence-corrected chi connectivity index (χ0v) is 19.0. The lowest BCUT2D eigenvalue weighted by Gasteiger charge is -2.06. The first-order chi connectivity index (χ1) is 15.6. The molecule has 0 atom stereocenters. The number of rotatable bonds is 10. The molecule has 32 heavy (non-hydrogen) atoms. The molecular formula is C25H24BrN3O3. The molecule has 0 saturated heterocycles. The van der Waals surface area contributed by atoms with E-state index >= 15 is 0 Å². The summed E-state index contributed by atoms with van der Waals surface area (Å²) in [6.07, 6.45) is 2.48. The van der Waals surface area contributed by atoms with Crippen LogP contribution in [0, 0.1) is 0 Å². The lowest BCUT2D eigenvalue weighted by Crippen LogP contribution is -2.18. The number of hydrogen-bond donors (Lipinski definition) is 2. The van der Waals surface area contributed by atoms with Gasteiger partial charge in [0.05, 0.1) is 6.21 Å². The van der Waals surface area contributed by atoms with Crippen molar-refractivity contribution in [1.29, 1.82) is 0 Å². The minimum Gasteiger partial charge on any atom is -0.489 e. The summed E-state index contributed by atoms with van der Waals surface area (Å²) < 4.78 is 6.64. The highest BCUT2D eigenvalue weighted by molar-refractivity contribution is 9.10. The van der Waals surface area contributed by atoms with Crippen LogP contribution < -0.4 is 15.5 Å². The van der Waals surface area contributed by atoms with Gasteiger partial charge in [-0.15, -0.1) is 0 Å². The molecule has 164 valence electrons. The Balaban J connectivity index is 1.33. The monoisotopic (exact) mass is 493 g/mol. The summed E-state index contributed by atoms with van der Waals surface area (Å²) in [5, 5.41) is 6.77. The van der Waals surface area contributed by atoms with Crippen LogP contribution in [-0.4, -0.2) is 18.0 Å². The lowest BCUT2D eigenvalue weighted by atomic mass is 10.2. The van der Waals surface area contributed by atoms with Gasteiger partial charge in [0.25, 0.3) is 0 Å². The molecule has 6 nitrogen and oxygen atoms in total. The molecule has 0 fully saturated rings. The third kappa shape index (κ3) is 8.35. The molecule has 0 aliphatic carbocycles. The molecular weight excluding hydrogens is 470 g/mol. The molecule has 2 amide bonds. The van der Waals surface area contributed by atoms with Gasteiger partial charge in [-0.25, -0.2) is 5.43 Å². The van der Waals surface area contributed by atoms with E-state index < -0.39 is 0 Å². The second-order valence-corrected chi connectivity index (χ2v) is 7.96. The third-order valence-electron chi connectivity index (χ3n) is 4.45. The largest absolute Gasteiger partial charge is 0.489 e. The predicted molar refractivity (Wildman–Crippen MR) is 130 cm³/mol. The van der Waals surface area contributed by atoms with Crippen molar-refractivity contribution in [2.24, 2.45) is 5.10 Å². The molecule has 0 unspecified atom stereocenters. The highest BCUT2D eigenvalue weighted by atomic mass is 79.9. The number of nitrogens with one attached hydrogen (secondary N) is 2. The van der Waals surface area contributed by atoms with Crippen LogP contribution in [-0.2, 0) is 16.2 Å². The second-order valence-electron chi connectivity index (χ2n) is 7.05. The van der Waals surface area contributed by atoms with E-state index in [-0.39, 0.29) is 24.7 Å². The van der Waals surface area contributed by atoms with Crippen LogP contribution >= 0.6 is 15.9 Å². The fraction of sp³-hybridized carbons (Fsp3) is 0.160. The van der Waals surface area contributed by atoms with Crippen LogP contribution in [0.1, 0.15) is 30.4 Å². The van der Waals surface area contributed by atoms with Crippen molar-refractivity contribution in [2.45, 2.75) is 25.9 Å². The summed E-state index contributed by atoms with van der Waals surface area (Å²) in [4.78, 5) is 23.9. The maximum Gasteiger partial charge on any atom is 0.240 e. The molecule has 3 rings (SSSR count). The zero-order chi connectivity index (χ0) is 22.6. The van der Waals surface area contributed by atoms with Crippen molar-refractivity contribution in [3.8, 4) is 5.75 Å². The molecule has 0 aromatic heterocycles. The van der Waals surface area contributed by atoms with E-state index in [1.165, 1.54) is 0 Å². The minimum atomic E-state index is -0.237. The van der Waals surface area contributed by atoms with Gasteiger partial charge >= 0.3 is 0 Å². The van der Waals surface area contributed by atoms with Crippen molar-refractivity contribution in [2.75, 3.05) is 5.32 Å². The number of nitrogens with zero attached hydrogens (tertiary/aromatic N) is 1. The predicted octanol–water partition coefficient (Wildman–Crippen LogP) is 5.29. The van der Waals surface area contributed by atoms with Crippen molar-refractivity contribution < 1.29 is 14.3 Å². The molecule has 0 heterocycles. The molecule has 0 aliphatic rings. The summed E-state index contributed by atoms with van der Waals surface area (Å²) in [5.41, 5.74) is 5.14. The Labute approximate surface area is 195 Å². The van der Waals surface area contributed by atoms with Gasteiger partial charge in [0.1, 0.15) is 12.4 Å². The molecule has 3 aromatic rings. The van der Waals surface area contributed by atoms with Gasteiger partial charge in [0, 0.05) is 23.0 Å². The standard InChI is InChI=1S/C25H24BrN3O3/c26-21-8-4-9-22(16-21)28-24(30)10-5-11-25(31)29-27-17-19-12-14-23(15-13-19)32-18-20-6-2-1-3-7-20/h1-4,6-9,12-17H,5,10-11,18H2,(H,28,30)(H,29,31)/b27-17+. The summed E-state index contributed by atoms with van der Waals surface area (Å²) in [7, 11) is 0. The molecule has 0 spiro atoms. The Morgan fingerprint density at radius 2 is 1.66 bits per heavy atom. The van der Waals surface area contributed by atoms with E-state index in [1.54, 1.807) is 6.21 Å². The van der Waals surface area contributed by atoms with E-state index in [0.717, 1.165) is 27.0 Å². The number of ether oxygens (including phenoxy) is 1. The Bertz CT molecular complexity index is 1050. The van der Waals surface area contributed by atoms with Crippen LogP contribution in [0.5, 0.6) is 5.75 Å². The van der Waals surface area contributed by atoms with Crippen LogP contribution in [0.25, 0.3) is 0 Å². The first kappa shape index (κ1) is 23.2. The topological polar surface area (TPSA) is 79.8 Å². The number of amides is 2. The van der Waals surface area contributed by atoms with E-state index in [0.29, 0.717) is 13.0 Å². The molecule has 0 aliphatic heterocycles. The average Bonchev–Trinajstić information content (AvgIpc) is 2.79. The molecule has 3 aromatic carbocycles. The van der Waals surface area contributed by atoms with Crippen LogP contribution in [0.4, 0.5) is 5.69 Å². The Morgan fingerprint density at radius 1 is 0.906 bits per heavy atom. The number of benzene rings is 3. The summed E-state index contributed by atoms with van der Waals surface area (Å²) in [6.45, 7) is 0.505. The maximum atomic E-state index is 12.0. The quantitative estimate of drug-likeness (QED) is 0.297. The van der Waals surface area contributed by atoms with Gasteiger partial charge in [-0.05, 0) is 60.0 Å². The van der Waals surface area contributed by atoms with Gasteiger partial charge in [-0.1, -0.05) is 52.3 Å². The molecule has 0 saturated carbocycles. The SMILES string of the molecule is O=C(CCCC(=O)Nc1cccc(Br)c1)N/N=C/c1ccc(OCc2ccccc2)cc1. The van der Waals surface area contributed by atoms with E-state index in [1.807, 2.05) is 78.9 Å². The van der Waals surface area contributed by atoms with E-state index in [4.69, 9.17) is 4.74 Å². The smallest absolute Gasteiger partial charge is 0.240 e. The highest BCUT2D eigenvalue weighted by Crippen LogP contribution is 2.16. The van der Waals surface area contributed by atoms with Gasteiger partial charge in [0.15, 0.2) is 0 Å². The first-order valence-corrected chi connectivity index (χ1v) is 11.0. The number of hydrazone groups is 1. The van der Waals surface area contributed by atoms with E-state index in [2.05, 4.69) is 31.8 Å². The third-order valence-corrected chi connectivity index (χ3v) is 4.94. The summed E-state index contributed by atoms with van der Waals surface area (Å²) in [6, 6.07) is 24.8. The number of hydrogen-bond acceptors (Lipinski definition) is 4. The fourth-order valence-corrected chi connectivity index (χ4v) is 3.22. The Kier molecular flexibility index (Phi) is 9.01. The number of anilines is 1. The first-order valence-electron chi connectivity index (χ1n) is 10.2. The van der Waals surface area contributed by atoms with Crippen molar-refractivity contribution in [3.63, 3.8) is 0 Å². The Morgan fingerprint density at radius 3 is 2.41 bits per heavy atom. The van der Waals surface area contributed by atoms with Crippen LogP contribution in [0.2, 0.25) is 0 Å². The molecule has 0 bridgehead atoms. The Hall–Kier alpha value is -3.45. The number of carbonyl (C=O) groups excluding carboxylic acids is 2. The molecule has 2 N–H and O–H groups in total. The van der Waals surface area contributed by atoms with Crippen molar-refractivity contribution in [1.82, 2.24) is 5.43 Å². The lowest BCUT2D eigenvalue weighted by molar-refractivity contribution is -0.121. The van der Waals surface area contributed by atoms with Gasteiger partial charge in [-0.3, -0.25) is 9.59 Å². The molecule has 0 radical (unpaired) electrons.